The second-order valence-corrected chi connectivity index (χ2v) is 31.3. The van der Waals surface area contributed by atoms with Crippen molar-refractivity contribution in [3.63, 3.8) is 0 Å². The molecule has 33 heteroatoms. The summed E-state index contributed by atoms with van der Waals surface area (Å²) < 4.78 is 76.4. The third-order valence-electron chi connectivity index (χ3n) is 25.2. The van der Waals surface area contributed by atoms with Crippen LogP contribution in [0, 0.1) is 50.2 Å². The summed E-state index contributed by atoms with van der Waals surface area (Å²) in [7, 11) is 2.87. The number of aliphatic hydroxyl groups excluding tert-OH is 16. The summed E-state index contributed by atoms with van der Waals surface area (Å²) >= 11 is 0. The quantitative estimate of drug-likeness (QED) is 0.0264. The molecule has 5 heterocycles. The van der Waals surface area contributed by atoms with Crippen molar-refractivity contribution in [3.05, 3.63) is 41.5 Å². The van der Waals surface area contributed by atoms with Gasteiger partial charge >= 0.3 is 17.9 Å². The van der Waals surface area contributed by atoms with Crippen molar-refractivity contribution in [1.29, 1.82) is 0 Å². The number of methoxy groups -OCH3 is 2. The Labute approximate surface area is 594 Å². The number of carbonyl (C=O) groups is 3. The highest BCUT2D eigenvalue weighted by molar-refractivity contribution is 5.87. The number of fused-ring (bicyclic) bond motifs is 7. The molecule has 1 aromatic carbocycles. The Kier molecular flexibility index (Phi) is 23.7. The molecule has 5 aliphatic carbocycles. The fraction of sp³-hybridized carbons (Fsp3) is 0.814. The fourth-order valence-electron chi connectivity index (χ4n) is 19.3. The van der Waals surface area contributed by atoms with Crippen molar-refractivity contribution in [2.45, 2.75) is 259 Å². The van der Waals surface area contributed by atoms with Crippen LogP contribution >= 0.6 is 0 Å². The highest BCUT2D eigenvalue weighted by atomic mass is 16.8. The summed E-state index contributed by atoms with van der Waals surface area (Å²) in [6, 6.07) is 4.79. The average molecular weight is 1470 g/mol. The lowest BCUT2D eigenvalue weighted by atomic mass is 9.33. The van der Waals surface area contributed by atoms with Gasteiger partial charge in [0, 0.05) is 11.5 Å². The Hall–Kier alpha value is -4.29. The largest absolute Gasteiger partial charge is 0.493 e. The average Bonchev–Trinajstić information content (AvgIpc) is 0.669. The van der Waals surface area contributed by atoms with Crippen LogP contribution in [0.4, 0.5) is 0 Å². The molecule has 0 amide bonds. The first-order valence-corrected chi connectivity index (χ1v) is 35.3. The molecule has 0 aromatic heterocycles. The Morgan fingerprint density at radius 1 is 0.573 bits per heavy atom. The van der Waals surface area contributed by atoms with Crippen molar-refractivity contribution in [2.75, 3.05) is 47.3 Å². The minimum Gasteiger partial charge on any atom is -0.493 e. The predicted octanol–water partition coefficient (Wildman–Crippen LogP) is -3.25. The maximum atomic E-state index is 16.0. The summed E-state index contributed by atoms with van der Waals surface area (Å²) in [5.41, 5.74) is -5.31. The Morgan fingerprint density at radius 2 is 1.16 bits per heavy atom. The molecule has 9 fully saturated rings. The molecule has 11 rings (SSSR count). The van der Waals surface area contributed by atoms with Gasteiger partial charge in [0.25, 0.3) is 0 Å². The van der Waals surface area contributed by atoms with Crippen LogP contribution in [0.2, 0.25) is 0 Å². The number of esters is 2. The number of ether oxygens (including phenoxy) is 13. The van der Waals surface area contributed by atoms with Crippen LogP contribution in [0.3, 0.4) is 0 Å². The van der Waals surface area contributed by atoms with Crippen molar-refractivity contribution >= 4 is 24.0 Å². The maximum Gasteiger partial charge on any atom is 0.331 e. The van der Waals surface area contributed by atoms with E-state index >= 15 is 4.79 Å². The highest BCUT2D eigenvalue weighted by Crippen LogP contribution is 2.76. The van der Waals surface area contributed by atoms with Crippen molar-refractivity contribution in [3.8, 4) is 11.5 Å². The summed E-state index contributed by atoms with van der Waals surface area (Å²) in [5, 5.41) is 189. The Balaban J connectivity index is 0.859. The summed E-state index contributed by atoms with van der Waals surface area (Å²) in [5.74, 6) is -4.24. The van der Waals surface area contributed by atoms with Crippen LogP contribution in [0.25, 0.3) is 6.08 Å². The van der Waals surface area contributed by atoms with Gasteiger partial charge in [-0.15, -0.1) is 0 Å². The molecule has 5 aliphatic heterocycles. The number of hydrogen-bond donors (Lipinski definition) is 17. The lowest BCUT2D eigenvalue weighted by Gasteiger charge is -2.71. The molecule has 0 bridgehead atoms. The first-order valence-electron chi connectivity index (χ1n) is 35.3. The second-order valence-electron chi connectivity index (χ2n) is 31.3. The first-order chi connectivity index (χ1) is 48.6. The Morgan fingerprint density at radius 3 is 1.77 bits per heavy atom. The normalized spacial score (nSPS) is 48.3. The number of carbonyl (C=O) groups excluding carboxylic acids is 2. The monoisotopic (exact) mass is 1470 g/mol. The van der Waals surface area contributed by atoms with Gasteiger partial charge in [-0.2, -0.15) is 0 Å². The van der Waals surface area contributed by atoms with E-state index in [0.29, 0.717) is 42.7 Å². The van der Waals surface area contributed by atoms with E-state index in [1.807, 2.05) is 13.0 Å². The van der Waals surface area contributed by atoms with Gasteiger partial charge in [0.1, 0.15) is 104 Å². The number of benzene rings is 1. The number of carboxylic acids is 1. The lowest BCUT2D eigenvalue weighted by Crippen LogP contribution is -2.71. The van der Waals surface area contributed by atoms with E-state index in [9.17, 15) is 96.4 Å². The molecule has 34 atom stereocenters. The van der Waals surface area contributed by atoms with E-state index in [0.717, 1.165) is 11.6 Å². The molecule has 17 N–H and O–H groups in total. The van der Waals surface area contributed by atoms with E-state index in [1.165, 1.54) is 34.1 Å². The van der Waals surface area contributed by atoms with Gasteiger partial charge in [-0.05, 0) is 129 Å². The van der Waals surface area contributed by atoms with Crippen LogP contribution in [-0.4, -0.2) is 312 Å². The zero-order chi connectivity index (χ0) is 75.1. The number of hydrogen-bond acceptors (Lipinski definition) is 32. The number of allylic oxidation sites excluding steroid dienone is 1. The Bertz CT molecular complexity index is 3210. The van der Waals surface area contributed by atoms with Crippen LogP contribution in [-0.2, 0) is 66.5 Å². The van der Waals surface area contributed by atoms with Crippen LogP contribution in [0.15, 0.2) is 35.9 Å². The predicted molar refractivity (Wildman–Crippen MR) is 345 cm³/mol. The van der Waals surface area contributed by atoms with Crippen LogP contribution < -0.4 is 9.47 Å². The molecule has 1 aromatic rings. The molecule has 33 nitrogen and oxygen atoms in total. The second kappa shape index (κ2) is 30.6. The van der Waals surface area contributed by atoms with Crippen LogP contribution in [0.5, 0.6) is 11.5 Å². The molecular weight excluding hydrogens is 1370 g/mol. The summed E-state index contributed by atoms with van der Waals surface area (Å²) in [6.45, 7) is 7.51. The van der Waals surface area contributed by atoms with Gasteiger partial charge in [-0.3, -0.25) is 9.59 Å². The number of aliphatic carboxylic acids is 1. The van der Waals surface area contributed by atoms with E-state index in [1.54, 1.807) is 18.2 Å². The van der Waals surface area contributed by atoms with E-state index < -0.39 is 261 Å². The molecular formula is C70H104O33. The molecule has 1 unspecified atom stereocenters. The van der Waals surface area contributed by atoms with Gasteiger partial charge < -0.3 is 148 Å². The van der Waals surface area contributed by atoms with Gasteiger partial charge in [0.05, 0.1) is 70.3 Å². The van der Waals surface area contributed by atoms with Gasteiger partial charge in [0.2, 0.25) is 6.29 Å². The third-order valence-corrected chi connectivity index (χ3v) is 25.2. The fourth-order valence-corrected chi connectivity index (χ4v) is 19.3. The molecule has 582 valence electrons. The SMILES string of the molecule is COc1ccc(/C=C/C(=O)O[C@@H]2[C@H](O)[C@@H](O[C@@H]3O[C@@H](C)[C@H](O[C@@H]4OC[C@@H](O[C@@H]5O[C@H](CO)[C@H](O)[C@H](O)[C@H]5O)[C@H](O)[C@H]4O)[C@@H](O)[C@H]3O)[C@H](OC(=O)[C@]34CCC(C)(C)C[C@H]3C3=CC[C@@H]5[C@@]6(C)CC(O)[C@H](O[C@@H]7O[C@H](CO)[C@@H](O)[C@H](O)[C@H]7O)[C@@](C)(C(=O)O)[C@@H]6CC[C@@]5(C)[C@]3(CO)CC4)O[C@@H]2CO)cc1OC. The smallest absolute Gasteiger partial charge is 0.331 e. The molecule has 5 saturated heterocycles. The summed E-state index contributed by atoms with van der Waals surface area (Å²) in [6.07, 6.45) is -39.0. The van der Waals surface area contributed by atoms with Crippen molar-refractivity contribution < 1.29 is 163 Å². The molecule has 0 spiro atoms. The zero-order valence-electron chi connectivity index (χ0n) is 58.7. The number of rotatable bonds is 20. The van der Waals surface area contributed by atoms with E-state index in [2.05, 4.69) is 20.8 Å². The van der Waals surface area contributed by atoms with Crippen molar-refractivity contribution in [1.82, 2.24) is 0 Å². The third kappa shape index (κ3) is 13.9. The highest BCUT2D eigenvalue weighted by Gasteiger charge is 2.74. The minimum absolute atomic E-state index is 0.0144. The van der Waals surface area contributed by atoms with Crippen molar-refractivity contribution in [2.24, 2.45) is 50.2 Å². The lowest BCUT2D eigenvalue weighted by molar-refractivity contribution is -0.379. The van der Waals surface area contributed by atoms with E-state index in [-0.39, 0.29) is 32.1 Å². The molecule has 0 radical (unpaired) electrons. The molecule has 10 aliphatic rings. The standard InChI is InChI=1S/C70H104O33/c1-29-54(100-58-49(83)45(79)39(27-93-58)98-60-50(84)46(80)43(77)36(24-71)95-60)48(82)52(86)59(94-29)101-56-53(87)55(99-42(76)14-10-30-9-12-34(91-7)35(21-30)92-8)38(26-73)97-62(56)103-64(90)69-18-17-65(2,3)22-32(69)31-11-13-40-66(4)23-33(75)57(102-61-51(85)47(81)44(78)37(25-72)96-61)68(6,63(88)89)41(66)15-16-67(40,5)70(31,28-74)20-19-69/h9-12,14,21,29,32-33,36-41,43-62,71-75,77-87H,13,15-20,22-28H2,1-8H3,(H,88,89)/b14-10+/t29-,32-,33?,36+,37+,38+,39+,40+,41+,43-,44+,45-,46-,47-,48-,49+,50+,51+,52+,53-,54-,55-,56+,57-,58-,59-,60-,61-,62-,66+,67+,68-,69-,70-/m0/s1. The van der Waals surface area contributed by atoms with Gasteiger partial charge in [0.15, 0.2) is 48.9 Å². The zero-order valence-corrected chi connectivity index (χ0v) is 58.7. The summed E-state index contributed by atoms with van der Waals surface area (Å²) in [4.78, 5) is 43.7. The molecule has 4 saturated carbocycles. The minimum atomic E-state index is -2.13. The van der Waals surface area contributed by atoms with Crippen LogP contribution in [0.1, 0.15) is 105 Å². The van der Waals surface area contributed by atoms with E-state index in [4.69, 9.17) is 61.6 Å². The number of aliphatic hydroxyl groups is 16. The maximum absolute atomic E-state index is 16.0. The van der Waals surface area contributed by atoms with Gasteiger partial charge in [-0.1, -0.05) is 45.4 Å². The molecule has 103 heavy (non-hydrogen) atoms. The topological polar surface area (TPSA) is 515 Å². The number of carboxylic acid groups (broad SMARTS) is 1. The first kappa shape index (κ1) is 79.7. The van der Waals surface area contributed by atoms with Gasteiger partial charge in [-0.25, -0.2) is 4.79 Å².